The molecule has 1 atom stereocenters. The van der Waals surface area contributed by atoms with Crippen LogP contribution in [0.2, 0.25) is 0 Å². The highest BCUT2D eigenvalue weighted by molar-refractivity contribution is 7.10. The van der Waals surface area contributed by atoms with Gasteiger partial charge in [0.1, 0.15) is 29.2 Å². The third kappa shape index (κ3) is 9.82. The van der Waals surface area contributed by atoms with E-state index in [1.54, 1.807) is 42.6 Å². The van der Waals surface area contributed by atoms with Gasteiger partial charge in [-0.05, 0) is 55.0 Å². The van der Waals surface area contributed by atoms with Gasteiger partial charge in [0.05, 0.1) is 19.6 Å². The van der Waals surface area contributed by atoms with E-state index in [0.717, 1.165) is 4.88 Å². The predicted octanol–water partition coefficient (Wildman–Crippen LogP) is 3.50. The van der Waals surface area contributed by atoms with E-state index in [9.17, 15) is 18.4 Å². The highest BCUT2D eigenvalue weighted by Gasteiger charge is 2.28. The largest absolute Gasteiger partial charge is 0.457 e. The highest BCUT2D eigenvalue weighted by atomic mass is 32.1. The first-order valence-corrected chi connectivity index (χ1v) is 12.8. The second kappa shape index (κ2) is 15.8. The van der Waals surface area contributed by atoms with E-state index in [-0.39, 0.29) is 49.9 Å². The van der Waals surface area contributed by atoms with Crippen molar-refractivity contribution >= 4 is 35.4 Å². The third-order valence-electron chi connectivity index (χ3n) is 5.45. The minimum atomic E-state index is -0.944. The van der Waals surface area contributed by atoms with E-state index in [1.807, 2.05) is 0 Å². The molecular formula is C27H31F2N5O4S. The first-order valence-electron chi connectivity index (χ1n) is 11.9. The molecule has 1 unspecified atom stereocenters. The van der Waals surface area contributed by atoms with Crippen molar-refractivity contribution in [1.82, 2.24) is 10.2 Å². The Kier molecular flexibility index (Phi) is 12.5. The van der Waals surface area contributed by atoms with Crippen molar-refractivity contribution in [3.8, 4) is 11.5 Å². The number of alkyl halides is 1. The van der Waals surface area contributed by atoms with Crippen molar-refractivity contribution in [3.05, 3.63) is 81.8 Å². The fraction of sp³-hybridized carbons (Fsp3) is 0.259. The highest BCUT2D eigenvalue weighted by Crippen LogP contribution is 2.22. The SMILES string of the molecule is CCN(C(=O)Cc1ccc(Oc2ccc(F)cc2)cc1)C(CCF)C(=O)NCc1cc(C(=N)N)cs1.NC=O. The van der Waals surface area contributed by atoms with Crippen LogP contribution in [-0.2, 0) is 27.3 Å². The summed E-state index contributed by atoms with van der Waals surface area (Å²) < 4.78 is 32.0. The maximum atomic E-state index is 13.3. The van der Waals surface area contributed by atoms with Gasteiger partial charge >= 0.3 is 0 Å². The van der Waals surface area contributed by atoms with E-state index in [1.165, 1.54) is 40.5 Å². The normalized spacial score (nSPS) is 10.9. The number of hydrogen-bond acceptors (Lipinski definition) is 6. The Balaban J connectivity index is 0.00000170. The Hall–Kier alpha value is -4.32. The fourth-order valence-corrected chi connectivity index (χ4v) is 4.42. The molecule has 208 valence electrons. The van der Waals surface area contributed by atoms with Crippen molar-refractivity contribution in [2.24, 2.45) is 11.5 Å². The smallest absolute Gasteiger partial charge is 0.243 e. The summed E-state index contributed by atoms with van der Waals surface area (Å²) in [6, 6.07) is 13.3. The van der Waals surface area contributed by atoms with Crippen LogP contribution in [0.1, 0.15) is 29.3 Å². The van der Waals surface area contributed by atoms with Crippen LogP contribution in [0.15, 0.2) is 60.0 Å². The van der Waals surface area contributed by atoms with Crippen LogP contribution in [0, 0.1) is 11.2 Å². The van der Waals surface area contributed by atoms with E-state index in [2.05, 4.69) is 11.1 Å². The summed E-state index contributed by atoms with van der Waals surface area (Å²) >= 11 is 1.35. The summed E-state index contributed by atoms with van der Waals surface area (Å²) in [6.45, 7) is 1.44. The average Bonchev–Trinajstić information content (AvgIpc) is 3.40. The number of carbonyl (C=O) groups is 3. The molecule has 1 heterocycles. The number of amides is 3. The molecule has 3 rings (SSSR count). The topological polar surface area (TPSA) is 152 Å². The first kappa shape index (κ1) is 30.9. The maximum absolute atomic E-state index is 13.3. The molecule has 3 amide bonds. The molecule has 9 nitrogen and oxygen atoms in total. The molecule has 0 fully saturated rings. The summed E-state index contributed by atoms with van der Waals surface area (Å²) in [4.78, 5) is 36.7. The molecule has 6 N–H and O–H groups in total. The molecule has 2 aromatic carbocycles. The van der Waals surface area contributed by atoms with Crippen molar-refractivity contribution in [2.75, 3.05) is 13.2 Å². The Bertz CT molecular complexity index is 1240. The van der Waals surface area contributed by atoms with E-state index < -0.39 is 18.6 Å². The number of halogens is 2. The summed E-state index contributed by atoms with van der Waals surface area (Å²) in [6.07, 6.45) is 0.173. The van der Waals surface area contributed by atoms with E-state index in [0.29, 0.717) is 22.6 Å². The van der Waals surface area contributed by atoms with Crippen LogP contribution in [0.4, 0.5) is 8.78 Å². The van der Waals surface area contributed by atoms with Crippen LogP contribution in [0.3, 0.4) is 0 Å². The molecule has 0 spiro atoms. The van der Waals surface area contributed by atoms with Gasteiger partial charge in [-0.25, -0.2) is 4.39 Å². The number of likely N-dealkylation sites (N-methyl/N-ethyl adjacent to an activating group) is 1. The number of nitrogens with two attached hydrogens (primary N) is 2. The zero-order chi connectivity index (χ0) is 28.8. The number of rotatable bonds is 12. The molecule has 0 saturated carbocycles. The Morgan fingerprint density at radius 2 is 1.74 bits per heavy atom. The standard InChI is InChI=1S/C26H28F2N4O3S.CH3NO/c1-2-32(23(11-12-27)26(34)31-15-22-14-18(16-36-22)25(29)30)24(33)13-17-3-7-20(8-4-17)35-21-9-5-19(28)6-10-21;2-1-3/h3-10,14,16,23H,2,11-13,15H2,1H3,(H3,29,30)(H,31,34);1H,(H2,2,3). The van der Waals surface area contributed by atoms with Crippen molar-refractivity contribution < 1.29 is 27.9 Å². The maximum Gasteiger partial charge on any atom is 0.243 e. The molecule has 39 heavy (non-hydrogen) atoms. The minimum Gasteiger partial charge on any atom is -0.457 e. The van der Waals surface area contributed by atoms with Crippen LogP contribution in [-0.4, -0.2) is 48.2 Å². The molecule has 3 aromatic rings. The number of nitrogens with zero attached hydrogens (tertiary/aromatic N) is 1. The zero-order valence-corrected chi connectivity index (χ0v) is 22.2. The number of nitrogen functional groups attached to an aromatic ring is 1. The zero-order valence-electron chi connectivity index (χ0n) is 21.4. The van der Waals surface area contributed by atoms with Gasteiger partial charge in [-0.2, -0.15) is 0 Å². The van der Waals surface area contributed by atoms with E-state index in [4.69, 9.17) is 20.7 Å². The van der Waals surface area contributed by atoms with Crippen molar-refractivity contribution in [1.29, 1.82) is 5.41 Å². The molecule has 0 aliphatic carbocycles. The van der Waals surface area contributed by atoms with E-state index >= 15 is 0 Å². The van der Waals surface area contributed by atoms with Gasteiger partial charge in [0.2, 0.25) is 18.2 Å². The number of hydrogen-bond donors (Lipinski definition) is 4. The molecule has 0 radical (unpaired) electrons. The second-order valence-electron chi connectivity index (χ2n) is 8.12. The Morgan fingerprint density at radius 3 is 2.26 bits per heavy atom. The molecule has 0 aliphatic heterocycles. The lowest BCUT2D eigenvalue weighted by molar-refractivity contribution is -0.140. The van der Waals surface area contributed by atoms with Crippen molar-refractivity contribution in [3.63, 3.8) is 0 Å². The van der Waals surface area contributed by atoms with Crippen LogP contribution in [0.25, 0.3) is 0 Å². The number of nitrogens with one attached hydrogen (secondary N) is 2. The van der Waals surface area contributed by atoms with Crippen LogP contribution >= 0.6 is 11.3 Å². The number of carbonyl (C=O) groups excluding carboxylic acids is 3. The van der Waals surface area contributed by atoms with Gasteiger partial charge in [-0.1, -0.05) is 12.1 Å². The van der Waals surface area contributed by atoms with Crippen LogP contribution < -0.4 is 21.5 Å². The fourth-order valence-electron chi connectivity index (χ4n) is 3.60. The lowest BCUT2D eigenvalue weighted by Gasteiger charge is -2.29. The molecule has 0 bridgehead atoms. The summed E-state index contributed by atoms with van der Waals surface area (Å²) in [7, 11) is 0. The summed E-state index contributed by atoms with van der Waals surface area (Å²) in [5.41, 5.74) is 10.9. The molecule has 0 saturated heterocycles. The number of benzene rings is 2. The summed E-state index contributed by atoms with van der Waals surface area (Å²) in [5.74, 6) is -0.141. The monoisotopic (exact) mass is 559 g/mol. The van der Waals surface area contributed by atoms with Gasteiger partial charge in [-0.3, -0.25) is 24.2 Å². The molecule has 12 heteroatoms. The molecule has 1 aromatic heterocycles. The lowest BCUT2D eigenvalue weighted by Crippen LogP contribution is -2.50. The quantitative estimate of drug-likeness (QED) is 0.152. The third-order valence-corrected chi connectivity index (χ3v) is 6.39. The van der Waals surface area contributed by atoms with Gasteiger partial charge < -0.3 is 26.4 Å². The second-order valence-corrected chi connectivity index (χ2v) is 9.11. The first-order chi connectivity index (χ1) is 18.7. The van der Waals surface area contributed by atoms with Crippen LogP contribution in [0.5, 0.6) is 11.5 Å². The lowest BCUT2D eigenvalue weighted by atomic mass is 10.1. The number of ether oxygens (including phenoxy) is 1. The number of primary amides is 1. The molecular weight excluding hydrogens is 528 g/mol. The Labute approximate surface area is 229 Å². The predicted molar refractivity (Wildman–Crippen MR) is 146 cm³/mol. The van der Waals surface area contributed by atoms with Gasteiger partial charge in [-0.15, -0.1) is 11.3 Å². The minimum absolute atomic E-state index is 0.0353. The molecule has 0 aliphatic rings. The van der Waals surface area contributed by atoms with Gasteiger partial charge in [0, 0.05) is 28.8 Å². The number of amidine groups is 1. The summed E-state index contributed by atoms with van der Waals surface area (Å²) in [5, 5.41) is 12.0. The van der Waals surface area contributed by atoms with Crippen molar-refractivity contribution in [2.45, 2.75) is 32.4 Å². The van der Waals surface area contributed by atoms with Gasteiger partial charge in [0.15, 0.2) is 0 Å². The Morgan fingerprint density at radius 1 is 1.15 bits per heavy atom. The van der Waals surface area contributed by atoms with Gasteiger partial charge in [0.25, 0.3) is 0 Å². The number of thiophene rings is 1. The average molecular weight is 560 g/mol.